The lowest BCUT2D eigenvalue weighted by Crippen LogP contribution is -2.38. The fourth-order valence-electron chi connectivity index (χ4n) is 3.27. The molecule has 0 atom stereocenters. The predicted molar refractivity (Wildman–Crippen MR) is 96.9 cm³/mol. The number of carbonyl (C=O) groups is 2. The molecule has 0 saturated heterocycles. The molecule has 1 aromatic heterocycles. The average molecular weight is 359 g/mol. The van der Waals surface area contributed by atoms with Crippen molar-refractivity contribution in [3.05, 3.63) is 62.5 Å². The monoisotopic (exact) mass is 358 g/mol. The Kier molecular flexibility index (Phi) is 4.29. The third kappa shape index (κ3) is 3.12. The highest BCUT2D eigenvalue weighted by Gasteiger charge is 2.34. The van der Waals surface area contributed by atoms with Gasteiger partial charge in [-0.3, -0.25) is 19.0 Å². The molecule has 1 heterocycles. The van der Waals surface area contributed by atoms with Gasteiger partial charge in [-0.05, 0) is 42.2 Å². The van der Waals surface area contributed by atoms with E-state index in [-0.39, 0.29) is 16.8 Å². The number of amides is 1. The molecule has 0 unspecified atom stereocenters. The van der Waals surface area contributed by atoms with E-state index in [0.717, 1.165) is 0 Å². The van der Waals surface area contributed by atoms with Gasteiger partial charge >= 0.3 is 0 Å². The van der Waals surface area contributed by atoms with Crippen molar-refractivity contribution in [1.29, 1.82) is 0 Å². The Morgan fingerprint density at radius 3 is 2.40 bits per heavy atom. The van der Waals surface area contributed by atoms with Crippen molar-refractivity contribution in [2.75, 3.05) is 7.05 Å². The molecular formula is C19H19ClN2O3. The molecule has 1 N–H and O–H groups in total. The number of pyridine rings is 1. The molecule has 130 valence electrons. The highest BCUT2D eigenvalue weighted by molar-refractivity contribution is 6.30. The number of Topliss-reactive ketones (excluding diaryl/α,β-unsaturated/α-hetero) is 1. The van der Waals surface area contributed by atoms with Gasteiger partial charge in [0, 0.05) is 35.4 Å². The number of nitrogens with zero attached hydrogens (tertiary/aromatic N) is 1. The Balaban J connectivity index is 2.36. The quantitative estimate of drug-likeness (QED) is 0.897. The van der Waals surface area contributed by atoms with Crippen molar-refractivity contribution in [3.63, 3.8) is 0 Å². The largest absolute Gasteiger partial charge is 0.355 e. The number of aromatic nitrogens is 1. The van der Waals surface area contributed by atoms with Crippen molar-refractivity contribution >= 4 is 23.3 Å². The van der Waals surface area contributed by atoms with Crippen LogP contribution in [0.4, 0.5) is 0 Å². The third-order valence-corrected chi connectivity index (χ3v) is 4.70. The van der Waals surface area contributed by atoms with Gasteiger partial charge in [-0.1, -0.05) is 25.4 Å². The lowest BCUT2D eigenvalue weighted by molar-refractivity contribution is 0.0908. The number of hydrogen-bond acceptors (Lipinski definition) is 3. The van der Waals surface area contributed by atoms with Crippen molar-refractivity contribution in [2.45, 2.75) is 26.7 Å². The van der Waals surface area contributed by atoms with E-state index in [0.29, 0.717) is 34.8 Å². The van der Waals surface area contributed by atoms with Crippen LogP contribution < -0.4 is 10.9 Å². The zero-order valence-corrected chi connectivity index (χ0v) is 15.1. The van der Waals surface area contributed by atoms with Gasteiger partial charge in [0.1, 0.15) is 5.56 Å². The summed E-state index contributed by atoms with van der Waals surface area (Å²) >= 11 is 5.95. The number of ketones is 1. The Morgan fingerprint density at radius 2 is 1.80 bits per heavy atom. The first-order valence-electron chi connectivity index (χ1n) is 8.04. The molecular weight excluding hydrogens is 340 g/mol. The molecule has 1 aliphatic rings. The fourth-order valence-corrected chi connectivity index (χ4v) is 3.40. The van der Waals surface area contributed by atoms with Crippen LogP contribution in [0.15, 0.2) is 35.1 Å². The Labute approximate surface area is 150 Å². The summed E-state index contributed by atoms with van der Waals surface area (Å²) in [5.74, 6) is -0.563. The number of rotatable bonds is 2. The maximum atomic E-state index is 13.0. The molecule has 0 spiro atoms. The third-order valence-electron chi connectivity index (χ3n) is 4.45. The van der Waals surface area contributed by atoms with Crippen molar-refractivity contribution in [3.8, 4) is 5.69 Å². The second-order valence-electron chi connectivity index (χ2n) is 7.06. The molecule has 0 bridgehead atoms. The summed E-state index contributed by atoms with van der Waals surface area (Å²) in [6.07, 6.45) is 0.950. The molecule has 0 fully saturated rings. The molecule has 0 aliphatic heterocycles. The summed E-state index contributed by atoms with van der Waals surface area (Å²) in [7, 11) is 1.46. The number of benzene rings is 1. The second-order valence-corrected chi connectivity index (χ2v) is 7.49. The Bertz CT molecular complexity index is 927. The minimum atomic E-state index is -0.506. The van der Waals surface area contributed by atoms with Crippen LogP contribution in [0.3, 0.4) is 0 Å². The summed E-state index contributed by atoms with van der Waals surface area (Å²) in [6, 6.07) is 8.21. The van der Waals surface area contributed by atoms with Crippen LogP contribution in [-0.2, 0) is 6.42 Å². The Morgan fingerprint density at radius 1 is 1.16 bits per heavy atom. The topological polar surface area (TPSA) is 68.2 Å². The van der Waals surface area contributed by atoms with Crippen LogP contribution in [0.2, 0.25) is 5.02 Å². The number of nitrogens with one attached hydrogen (secondary N) is 1. The van der Waals surface area contributed by atoms with Gasteiger partial charge < -0.3 is 5.32 Å². The standard InChI is InChI=1S/C19H19ClN2O3/c1-19(2)9-15-13(16(23)10-19)8-14(17(24)21-3)18(25)22(15)12-6-4-11(20)5-7-12/h4-8H,9-10H2,1-3H3,(H,21,24). The Hall–Kier alpha value is -2.40. The summed E-state index contributed by atoms with van der Waals surface area (Å²) in [6.45, 7) is 3.99. The predicted octanol–water partition coefficient (Wildman–Crippen LogP) is 3.01. The zero-order valence-electron chi connectivity index (χ0n) is 14.4. The van der Waals surface area contributed by atoms with Crippen LogP contribution in [-0.4, -0.2) is 23.3 Å². The SMILES string of the molecule is CNC(=O)c1cc2c(n(-c3ccc(Cl)cc3)c1=O)CC(C)(C)CC2=O. The van der Waals surface area contributed by atoms with E-state index in [4.69, 9.17) is 11.6 Å². The van der Waals surface area contributed by atoms with E-state index >= 15 is 0 Å². The summed E-state index contributed by atoms with van der Waals surface area (Å²) in [5.41, 5.74) is 0.935. The lowest BCUT2D eigenvalue weighted by atomic mass is 9.75. The first-order chi connectivity index (χ1) is 11.7. The van der Waals surface area contributed by atoms with Gasteiger partial charge in [0.25, 0.3) is 11.5 Å². The van der Waals surface area contributed by atoms with Crippen molar-refractivity contribution < 1.29 is 9.59 Å². The second kappa shape index (κ2) is 6.15. The first kappa shape index (κ1) is 17.4. The normalized spacial score (nSPS) is 15.6. The molecule has 3 rings (SSSR count). The minimum Gasteiger partial charge on any atom is -0.355 e. The maximum Gasteiger partial charge on any atom is 0.268 e. The van der Waals surface area contributed by atoms with E-state index in [9.17, 15) is 14.4 Å². The summed E-state index contributed by atoms with van der Waals surface area (Å²) in [4.78, 5) is 37.8. The molecule has 2 aromatic rings. The van der Waals surface area contributed by atoms with Gasteiger partial charge in [-0.25, -0.2) is 0 Å². The number of hydrogen-bond donors (Lipinski definition) is 1. The van der Waals surface area contributed by atoms with E-state index < -0.39 is 11.5 Å². The van der Waals surface area contributed by atoms with Crippen molar-refractivity contribution in [1.82, 2.24) is 9.88 Å². The van der Waals surface area contributed by atoms with Gasteiger partial charge in [0.2, 0.25) is 0 Å². The van der Waals surface area contributed by atoms with Gasteiger partial charge in [0.15, 0.2) is 5.78 Å². The van der Waals surface area contributed by atoms with Crippen LogP contribution in [0.25, 0.3) is 5.69 Å². The zero-order chi connectivity index (χ0) is 18.4. The molecule has 5 nitrogen and oxygen atoms in total. The van der Waals surface area contributed by atoms with Crippen LogP contribution in [0.1, 0.15) is 46.7 Å². The van der Waals surface area contributed by atoms with Gasteiger partial charge in [0.05, 0.1) is 0 Å². The summed E-state index contributed by atoms with van der Waals surface area (Å²) in [5, 5.41) is 3.01. The molecule has 1 amide bonds. The number of halogens is 1. The summed E-state index contributed by atoms with van der Waals surface area (Å²) < 4.78 is 1.47. The first-order valence-corrected chi connectivity index (χ1v) is 8.41. The van der Waals surface area contributed by atoms with E-state index in [1.54, 1.807) is 24.3 Å². The molecule has 1 aliphatic carbocycles. The lowest BCUT2D eigenvalue weighted by Gasteiger charge is -2.32. The highest BCUT2D eigenvalue weighted by atomic mass is 35.5. The average Bonchev–Trinajstić information content (AvgIpc) is 2.54. The molecule has 1 aromatic carbocycles. The smallest absolute Gasteiger partial charge is 0.268 e. The number of fused-ring (bicyclic) bond motifs is 1. The minimum absolute atomic E-state index is 0.0377. The molecule has 6 heteroatoms. The van der Waals surface area contributed by atoms with E-state index in [2.05, 4.69) is 5.32 Å². The number of carbonyl (C=O) groups excluding carboxylic acids is 2. The molecule has 0 radical (unpaired) electrons. The van der Waals surface area contributed by atoms with Crippen LogP contribution >= 0.6 is 11.6 Å². The molecule has 0 saturated carbocycles. The molecule has 25 heavy (non-hydrogen) atoms. The fraction of sp³-hybridized carbons (Fsp3) is 0.316. The maximum absolute atomic E-state index is 13.0. The van der Waals surface area contributed by atoms with Crippen LogP contribution in [0, 0.1) is 5.41 Å². The van der Waals surface area contributed by atoms with Gasteiger partial charge in [-0.15, -0.1) is 0 Å². The van der Waals surface area contributed by atoms with Crippen molar-refractivity contribution in [2.24, 2.45) is 5.41 Å². The van der Waals surface area contributed by atoms with E-state index in [1.165, 1.54) is 17.7 Å². The van der Waals surface area contributed by atoms with E-state index in [1.807, 2.05) is 13.8 Å². The van der Waals surface area contributed by atoms with Gasteiger partial charge in [-0.2, -0.15) is 0 Å². The highest BCUT2D eigenvalue weighted by Crippen LogP contribution is 2.35. The van der Waals surface area contributed by atoms with Crippen LogP contribution in [0.5, 0.6) is 0 Å².